The molecule has 4 heteroatoms. The molecule has 34 heavy (non-hydrogen) atoms. The summed E-state index contributed by atoms with van der Waals surface area (Å²) in [6.07, 6.45) is 13.7. The van der Waals surface area contributed by atoms with E-state index in [1.807, 2.05) is 6.20 Å². The van der Waals surface area contributed by atoms with Gasteiger partial charge in [-0.3, -0.25) is 9.78 Å². The number of amides is 1. The van der Waals surface area contributed by atoms with E-state index >= 15 is 0 Å². The van der Waals surface area contributed by atoms with Gasteiger partial charge in [-0.05, 0) is 123 Å². The first kappa shape index (κ1) is 22.5. The lowest BCUT2D eigenvalue weighted by atomic mass is 9.42. The molecule has 0 spiro atoms. The van der Waals surface area contributed by atoms with Crippen molar-refractivity contribution in [1.29, 1.82) is 0 Å². The minimum Gasteiger partial charge on any atom is -0.350 e. The van der Waals surface area contributed by atoms with Gasteiger partial charge in [0.15, 0.2) is 0 Å². The van der Waals surface area contributed by atoms with Gasteiger partial charge in [-0.25, -0.2) is 4.39 Å². The molecule has 0 radical (unpaired) electrons. The molecule has 1 N–H and O–H groups in total. The number of aromatic nitrogens is 1. The Morgan fingerprint density at radius 1 is 1.03 bits per heavy atom. The Morgan fingerprint density at radius 3 is 2.41 bits per heavy atom. The van der Waals surface area contributed by atoms with Gasteiger partial charge in [0, 0.05) is 23.0 Å². The lowest BCUT2D eigenvalue weighted by Crippen LogP contribution is -2.65. The van der Waals surface area contributed by atoms with Crippen LogP contribution in [0.1, 0.15) is 96.5 Å². The van der Waals surface area contributed by atoms with Crippen molar-refractivity contribution in [3.63, 3.8) is 0 Å². The lowest BCUT2D eigenvalue weighted by Gasteiger charge is -2.65. The van der Waals surface area contributed by atoms with E-state index in [4.69, 9.17) is 0 Å². The molecule has 7 rings (SSSR count). The highest BCUT2D eigenvalue weighted by Crippen LogP contribution is 2.66. The maximum Gasteiger partial charge on any atom is 0.223 e. The monoisotopic (exact) mass is 462 g/mol. The maximum atomic E-state index is 13.9. The molecule has 0 aliphatic heterocycles. The highest BCUT2D eigenvalue weighted by Gasteiger charge is 2.60. The van der Waals surface area contributed by atoms with E-state index in [1.165, 1.54) is 50.2 Å². The Kier molecular flexibility index (Phi) is 5.14. The summed E-state index contributed by atoms with van der Waals surface area (Å²) < 4.78 is 13.9. The molecule has 182 valence electrons. The largest absolute Gasteiger partial charge is 0.350 e. The van der Waals surface area contributed by atoms with Crippen LogP contribution in [0.4, 0.5) is 4.39 Å². The van der Waals surface area contributed by atoms with Crippen molar-refractivity contribution >= 4 is 16.8 Å². The summed E-state index contributed by atoms with van der Waals surface area (Å²) in [6.45, 7) is 7.09. The first-order valence-corrected chi connectivity index (χ1v) is 13.5. The Hall–Kier alpha value is -1.97. The third-order valence-corrected chi connectivity index (χ3v) is 10.1. The second-order valence-corrected chi connectivity index (χ2v) is 13.4. The van der Waals surface area contributed by atoms with Crippen LogP contribution in [0.15, 0.2) is 30.5 Å². The molecular weight excluding hydrogens is 423 g/mol. The second-order valence-electron chi connectivity index (χ2n) is 13.4. The van der Waals surface area contributed by atoms with Crippen molar-refractivity contribution in [2.75, 3.05) is 0 Å². The van der Waals surface area contributed by atoms with Gasteiger partial charge in [-0.1, -0.05) is 20.8 Å². The molecular formula is C30H39FN2O. The summed E-state index contributed by atoms with van der Waals surface area (Å²) in [6, 6.07) is 6.96. The van der Waals surface area contributed by atoms with Crippen molar-refractivity contribution in [1.82, 2.24) is 10.3 Å². The summed E-state index contributed by atoms with van der Waals surface area (Å²) in [4.78, 5) is 18.0. The number of halogens is 1. The van der Waals surface area contributed by atoms with Crippen LogP contribution in [0.5, 0.6) is 0 Å². The Labute approximate surface area is 203 Å². The fraction of sp³-hybridized carbons (Fsp3) is 0.667. The van der Waals surface area contributed by atoms with Gasteiger partial charge in [0.1, 0.15) is 5.82 Å². The molecule has 5 aliphatic carbocycles. The number of carbonyl (C=O) groups excluding carboxylic acids is 1. The van der Waals surface area contributed by atoms with Crippen LogP contribution in [0, 0.1) is 34.4 Å². The molecule has 3 atom stereocenters. The van der Waals surface area contributed by atoms with Crippen LogP contribution in [0.25, 0.3) is 10.9 Å². The van der Waals surface area contributed by atoms with E-state index in [0.29, 0.717) is 22.7 Å². The fourth-order valence-electron chi connectivity index (χ4n) is 9.60. The summed E-state index contributed by atoms with van der Waals surface area (Å²) in [7, 11) is 0. The van der Waals surface area contributed by atoms with Crippen LogP contribution in [0.2, 0.25) is 0 Å². The first-order valence-electron chi connectivity index (χ1n) is 13.5. The molecule has 0 saturated heterocycles. The average molecular weight is 463 g/mol. The van der Waals surface area contributed by atoms with Gasteiger partial charge in [-0.15, -0.1) is 0 Å². The molecule has 3 unspecified atom stereocenters. The van der Waals surface area contributed by atoms with Gasteiger partial charge in [-0.2, -0.15) is 0 Å². The molecule has 1 amide bonds. The minimum absolute atomic E-state index is 0.0332. The zero-order valence-electron chi connectivity index (χ0n) is 21.0. The molecule has 5 aliphatic rings. The van der Waals surface area contributed by atoms with Crippen LogP contribution in [-0.2, 0) is 4.79 Å². The molecule has 1 heterocycles. The molecule has 5 saturated carbocycles. The topological polar surface area (TPSA) is 42.0 Å². The SMILES string of the molecule is CC(C(=O)NC12CC3CC(C)(CC(C)(C3)C1)C2)C1CCC(c2ccnc3ccc(F)cc23)CC1. The summed E-state index contributed by atoms with van der Waals surface area (Å²) in [5.41, 5.74) is 2.94. The number of carbonyl (C=O) groups is 1. The number of nitrogens with zero attached hydrogens (tertiary/aromatic N) is 1. The van der Waals surface area contributed by atoms with Crippen LogP contribution in [-0.4, -0.2) is 16.4 Å². The zero-order valence-corrected chi connectivity index (χ0v) is 21.0. The van der Waals surface area contributed by atoms with E-state index in [-0.39, 0.29) is 23.2 Å². The number of hydrogen-bond acceptors (Lipinski definition) is 2. The second kappa shape index (κ2) is 7.77. The molecule has 2 aromatic rings. The van der Waals surface area contributed by atoms with Gasteiger partial charge in [0.2, 0.25) is 5.91 Å². The number of fused-ring (bicyclic) bond motifs is 1. The zero-order chi connectivity index (χ0) is 23.7. The highest BCUT2D eigenvalue weighted by atomic mass is 19.1. The van der Waals surface area contributed by atoms with Gasteiger partial charge < -0.3 is 5.32 Å². The molecule has 3 nitrogen and oxygen atoms in total. The summed E-state index contributed by atoms with van der Waals surface area (Å²) in [5.74, 6) is 1.78. The Balaban J connectivity index is 1.12. The van der Waals surface area contributed by atoms with Crippen molar-refractivity contribution in [3.8, 4) is 0 Å². The van der Waals surface area contributed by atoms with Gasteiger partial charge in [0.05, 0.1) is 5.52 Å². The number of nitrogens with one attached hydrogen (secondary N) is 1. The fourth-order valence-corrected chi connectivity index (χ4v) is 9.60. The van der Waals surface area contributed by atoms with Crippen molar-refractivity contribution in [3.05, 3.63) is 41.8 Å². The third kappa shape index (κ3) is 3.85. The highest BCUT2D eigenvalue weighted by molar-refractivity contribution is 5.82. The molecule has 5 fully saturated rings. The first-order chi connectivity index (χ1) is 16.1. The van der Waals surface area contributed by atoms with Crippen LogP contribution in [0.3, 0.4) is 0 Å². The van der Waals surface area contributed by atoms with Crippen LogP contribution >= 0.6 is 0 Å². The van der Waals surface area contributed by atoms with E-state index in [1.54, 1.807) is 12.1 Å². The number of benzene rings is 1. The van der Waals surface area contributed by atoms with E-state index in [2.05, 4.69) is 37.1 Å². The van der Waals surface area contributed by atoms with E-state index in [0.717, 1.165) is 42.5 Å². The quantitative estimate of drug-likeness (QED) is 0.524. The van der Waals surface area contributed by atoms with Crippen molar-refractivity contribution < 1.29 is 9.18 Å². The molecule has 1 aromatic carbocycles. The van der Waals surface area contributed by atoms with Gasteiger partial charge in [0.25, 0.3) is 0 Å². The number of hydrogen-bond donors (Lipinski definition) is 1. The summed E-state index contributed by atoms with van der Waals surface area (Å²) >= 11 is 0. The minimum atomic E-state index is -0.201. The van der Waals surface area contributed by atoms with Crippen LogP contribution < -0.4 is 5.32 Å². The number of rotatable bonds is 4. The van der Waals surface area contributed by atoms with Crippen molar-refractivity contribution in [2.45, 2.75) is 96.4 Å². The molecule has 4 bridgehead atoms. The normalized spacial score (nSPS) is 39.8. The smallest absolute Gasteiger partial charge is 0.223 e. The Morgan fingerprint density at radius 2 is 1.74 bits per heavy atom. The number of pyridine rings is 1. The predicted octanol–water partition coefficient (Wildman–Crippen LogP) is 7.15. The predicted molar refractivity (Wildman–Crippen MR) is 134 cm³/mol. The lowest BCUT2D eigenvalue weighted by molar-refractivity contribution is -0.143. The maximum absolute atomic E-state index is 13.9. The Bertz CT molecular complexity index is 1100. The van der Waals surface area contributed by atoms with Crippen molar-refractivity contribution in [2.24, 2.45) is 28.6 Å². The summed E-state index contributed by atoms with van der Waals surface area (Å²) in [5, 5.41) is 4.60. The van der Waals surface area contributed by atoms with E-state index < -0.39 is 0 Å². The molecule has 1 aromatic heterocycles. The average Bonchev–Trinajstić information content (AvgIpc) is 2.75. The van der Waals surface area contributed by atoms with Gasteiger partial charge >= 0.3 is 0 Å². The standard InChI is InChI=1S/C30H39FN2O/c1-19(27(34)33-30-15-20-13-28(2,17-30)16-29(3,14-20)18-30)21-4-6-22(7-5-21)24-10-11-32-26-9-8-23(31)12-25(24)26/h8-12,19-22H,4-7,13-18H2,1-3H3,(H,33,34). The van der Waals surface area contributed by atoms with E-state index in [9.17, 15) is 9.18 Å². The third-order valence-electron chi connectivity index (χ3n) is 10.1.